The molecule has 0 saturated carbocycles. The lowest BCUT2D eigenvalue weighted by atomic mass is 9.90. The van der Waals surface area contributed by atoms with Gasteiger partial charge in [-0.2, -0.15) is 4.31 Å². The van der Waals surface area contributed by atoms with Crippen LogP contribution in [-0.4, -0.2) is 62.2 Å². The molecule has 1 aromatic rings. The molecule has 0 aliphatic carbocycles. The maximum absolute atomic E-state index is 13.4. The third-order valence-electron chi connectivity index (χ3n) is 6.86. The minimum absolute atomic E-state index is 0.0433. The van der Waals surface area contributed by atoms with Gasteiger partial charge in [0.15, 0.2) is 0 Å². The van der Waals surface area contributed by atoms with Gasteiger partial charge in [0, 0.05) is 43.8 Å². The summed E-state index contributed by atoms with van der Waals surface area (Å²) in [5, 5.41) is 0. The van der Waals surface area contributed by atoms with Gasteiger partial charge in [-0.1, -0.05) is 27.2 Å². The molecule has 0 N–H and O–H groups in total. The molecule has 32 heavy (non-hydrogen) atoms. The molecule has 176 valence electrons. The number of carbonyl (C=O) groups excluding carboxylic acids is 2. The molecular weight excluding hydrogens is 426 g/mol. The van der Waals surface area contributed by atoms with Gasteiger partial charge in [-0.15, -0.1) is 0 Å². The third-order valence-corrected chi connectivity index (χ3v) is 8.76. The quantitative estimate of drug-likeness (QED) is 0.693. The second kappa shape index (κ2) is 8.78. The van der Waals surface area contributed by atoms with E-state index in [1.807, 2.05) is 25.7 Å². The number of piperidine rings is 2. The molecular formula is C24H35N3O4S. The van der Waals surface area contributed by atoms with Crippen molar-refractivity contribution in [1.29, 1.82) is 0 Å². The van der Waals surface area contributed by atoms with Crippen LogP contribution in [0.5, 0.6) is 0 Å². The van der Waals surface area contributed by atoms with Gasteiger partial charge in [0.25, 0.3) is 0 Å². The molecule has 2 saturated heterocycles. The number of nitrogens with zero attached hydrogens (tertiary/aromatic N) is 3. The van der Waals surface area contributed by atoms with E-state index in [0.29, 0.717) is 44.0 Å². The van der Waals surface area contributed by atoms with Gasteiger partial charge in [-0.3, -0.25) is 9.59 Å². The van der Waals surface area contributed by atoms with E-state index >= 15 is 0 Å². The molecule has 2 amide bonds. The van der Waals surface area contributed by atoms with E-state index in [-0.39, 0.29) is 17.7 Å². The van der Waals surface area contributed by atoms with Crippen molar-refractivity contribution < 1.29 is 18.0 Å². The SMILES string of the molecule is CC(C)(C)C(=O)N1CCCC(C(=O)N2CCc3cc(S(=O)(=O)N4CCCCC4)ccc32)C1. The number of fused-ring (bicyclic) bond motifs is 1. The highest BCUT2D eigenvalue weighted by molar-refractivity contribution is 7.89. The maximum atomic E-state index is 13.4. The minimum atomic E-state index is -3.49. The summed E-state index contributed by atoms with van der Waals surface area (Å²) >= 11 is 0. The Morgan fingerprint density at radius 2 is 1.69 bits per heavy atom. The monoisotopic (exact) mass is 461 g/mol. The Labute approximate surface area is 191 Å². The number of rotatable bonds is 3. The number of hydrogen-bond donors (Lipinski definition) is 0. The van der Waals surface area contributed by atoms with Crippen LogP contribution in [0, 0.1) is 11.3 Å². The first-order valence-corrected chi connectivity index (χ1v) is 13.3. The molecule has 1 unspecified atom stereocenters. The van der Waals surface area contributed by atoms with Gasteiger partial charge in [0.1, 0.15) is 0 Å². The van der Waals surface area contributed by atoms with Crippen molar-refractivity contribution in [2.45, 2.75) is 64.2 Å². The Morgan fingerprint density at radius 1 is 0.969 bits per heavy atom. The second-order valence-electron chi connectivity index (χ2n) is 10.3. The molecule has 1 atom stereocenters. The van der Waals surface area contributed by atoms with Crippen molar-refractivity contribution in [2.24, 2.45) is 11.3 Å². The van der Waals surface area contributed by atoms with Gasteiger partial charge < -0.3 is 9.80 Å². The van der Waals surface area contributed by atoms with Gasteiger partial charge in [-0.25, -0.2) is 8.42 Å². The Morgan fingerprint density at radius 3 is 2.38 bits per heavy atom. The van der Waals surface area contributed by atoms with E-state index in [0.717, 1.165) is 43.4 Å². The minimum Gasteiger partial charge on any atom is -0.341 e. The van der Waals surface area contributed by atoms with Crippen LogP contribution in [0.1, 0.15) is 58.4 Å². The van der Waals surface area contributed by atoms with E-state index in [2.05, 4.69) is 0 Å². The van der Waals surface area contributed by atoms with Crippen LogP contribution in [0.4, 0.5) is 5.69 Å². The average molecular weight is 462 g/mol. The van der Waals surface area contributed by atoms with Crippen molar-refractivity contribution in [3.63, 3.8) is 0 Å². The topological polar surface area (TPSA) is 78.0 Å². The predicted octanol–water partition coefficient (Wildman–Crippen LogP) is 3.04. The Hall–Kier alpha value is -1.93. The molecule has 0 radical (unpaired) electrons. The number of likely N-dealkylation sites (tertiary alicyclic amines) is 1. The lowest BCUT2D eigenvalue weighted by molar-refractivity contribution is -0.142. The van der Waals surface area contributed by atoms with Gasteiger partial charge >= 0.3 is 0 Å². The average Bonchev–Trinajstić information content (AvgIpc) is 3.21. The van der Waals surface area contributed by atoms with Gasteiger partial charge in [0.05, 0.1) is 10.8 Å². The van der Waals surface area contributed by atoms with Crippen molar-refractivity contribution in [3.8, 4) is 0 Å². The van der Waals surface area contributed by atoms with Crippen LogP contribution in [0.2, 0.25) is 0 Å². The molecule has 0 bridgehead atoms. The lowest BCUT2D eigenvalue weighted by Gasteiger charge is -2.37. The summed E-state index contributed by atoms with van der Waals surface area (Å²) in [7, 11) is -3.49. The summed E-state index contributed by atoms with van der Waals surface area (Å²) in [6, 6.07) is 5.19. The van der Waals surface area contributed by atoms with Crippen LogP contribution >= 0.6 is 0 Å². The fourth-order valence-corrected chi connectivity index (χ4v) is 6.65. The first-order chi connectivity index (χ1) is 15.1. The normalized spacial score (nSPS) is 22.7. The van der Waals surface area contributed by atoms with Crippen molar-refractivity contribution >= 4 is 27.5 Å². The van der Waals surface area contributed by atoms with E-state index in [9.17, 15) is 18.0 Å². The standard InChI is InChI=1S/C24H35N3O4S/c1-24(2,3)23(29)25-12-7-8-19(17-25)22(28)27-15-11-18-16-20(9-10-21(18)27)32(30,31)26-13-5-4-6-14-26/h9-10,16,19H,4-8,11-15,17H2,1-3H3. The molecule has 8 heteroatoms. The van der Waals surface area contributed by atoms with Crippen LogP contribution < -0.4 is 4.90 Å². The number of carbonyl (C=O) groups is 2. The van der Waals surface area contributed by atoms with E-state index in [1.54, 1.807) is 27.4 Å². The summed E-state index contributed by atoms with van der Waals surface area (Å²) in [6.45, 7) is 8.61. The summed E-state index contributed by atoms with van der Waals surface area (Å²) in [5.74, 6) is -0.0797. The zero-order chi connectivity index (χ0) is 23.1. The predicted molar refractivity (Wildman–Crippen MR) is 124 cm³/mol. The number of benzene rings is 1. The molecule has 0 spiro atoms. The number of anilines is 1. The number of amides is 2. The largest absolute Gasteiger partial charge is 0.341 e. The molecule has 0 aromatic heterocycles. The third kappa shape index (κ3) is 4.44. The Balaban J connectivity index is 1.50. The summed E-state index contributed by atoms with van der Waals surface area (Å²) in [5.41, 5.74) is 1.27. The lowest BCUT2D eigenvalue weighted by Crippen LogP contribution is -2.49. The summed E-state index contributed by atoms with van der Waals surface area (Å²) in [4.78, 5) is 30.0. The summed E-state index contributed by atoms with van der Waals surface area (Å²) in [6.07, 6.45) is 5.14. The summed E-state index contributed by atoms with van der Waals surface area (Å²) < 4.78 is 27.7. The van der Waals surface area contributed by atoms with E-state index in [4.69, 9.17) is 0 Å². The first kappa shape index (κ1) is 23.2. The Kier molecular flexibility index (Phi) is 6.38. The van der Waals surface area contributed by atoms with Crippen molar-refractivity contribution in [2.75, 3.05) is 37.6 Å². The fourth-order valence-electron chi connectivity index (χ4n) is 5.08. The van der Waals surface area contributed by atoms with Crippen LogP contribution in [0.15, 0.2) is 23.1 Å². The molecule has 3 aliphatic rings. The highest BCUT2D eigenvalue weighted by Gasteiger charge is 2.37. The zero-order valence-corrected chi connectivity index (χ0v) is 20.3. The fraction of sp³-hybridized carbons (Fsp3) is 0.667. The molecule has 1 aromatic carbocycles. The number of sulfonamides is 1. The van der Waals surface area contributed by atoms with Gasteiger partial charge in [0.2, 0.25) is 21.8 Å². The zero-order valence-electron chi connectivity index (χ0n) is 19.5. The second-order valence-corrected chi connectivity index (χ2v) is 12.3. The molecule has 4 rings (SSSR count). The highest BCUT2D eigenvalue weighted by atomic mass is 32.2. The van der Waals surface area contributed by atoms with Crippen LogP contribution in [0.3, 0.4) is 0 Å². The molecule has 2 fully saturated rings. The smallest absolute Gasteiger partial charge is 0.243 e. The Bertz CT molecular complexity index is 993. The van der Waals surface area contributed by atoms with Crippen molar-refractivity contribution in [3.05, 3.63) is 23.8 Å². The van der Waals surface area contributed by atoms with Crippen LogP contribution in [0.25, 0.3) is 0 Å². The maximum Gasteiger partial charge on any atom is 0.243 e. The van der Waals surface area contributed by atoms with Crippen LogP contribution in [-0.2, 0) is 26.0 Å². The molecule has 3 heterocycles. The van der Waals surface area contributed by atoms with E-state index in [1.165, 1.54) is 0 Å². The van der Waals surface area contributed by atoms with Crippen molar-refractivity contribution in [1.82, 2.24) is 9.21 Å². The van der Waals surface area contributed by atoms with Gasteiger partial charge in [-0.05, 0) is 55.9 Å². The molecule has 7 nitrogen and oxygen atoms in total. The number of hydrogen-bond acceptors (Lipinski definition) is 4. The highest BCUT2D eigenvalue weighted by Crippen LogP contribution is 2.34. The first-order valence-electron chi connectivity index (χ1n) is 11.8. The van der Waals surface area contributed by atoms with E-state index < -0.39 is 15.4 Å². The molecule has 3 aliphatic heterocycles.